The molecule has 0 amide bonds. The maximum atomic E-state index is 5.94. The van der Waals surface area contributed by atoms with Gasteiger partial charge in [0.25, 0.3) is 0 Å². The highest BCUT2D eigenvalue weighted by Gasteiger charge is 2.09. The fourth-order valence-corrected chi connectivity index (χ4v) is 2.57. The molecule has 2 rings (SSSR count). The van der Waals surface area contributed by atoms with Crippen molar-refractivity contribution in [3.05, 3.63) is 48.2 Å². The zero-order chi connectivity index (χ0) is 13.0. The number of ether oxygens (including phenoxy) is 1. The summed E-state index contributed by atoms with van der Waals surface area (Å²) in [6, 6.07) is 11.8. The number of rotatable bonds is 4. The molecule has 0 spiro atoms. The average Bonchev–Trinajstić information content (AvgIpc) is 2.40. The van der Waals surface area contributed by atoms with Crippen LogP contribution in [0.3, 0.4) is 0 Å². The second kappa shape index (κ2) is 5.89. The maximum absolute atomic E-state index is 5.94. The second-order valence-electron chi connectivity index (χ2n) is 3.96. The van der Waals surface area contributed by atoms with Gasteiger partial charge in [0, 0.05) is 22.7 Å². The maximum Gasteiger partial charge on any atom is 0.118 e. The minimum absolute atomic E-state index is 0.0144. The van der Waals surface area contributed by atoms with E-state index in [-0.39, 0.29) is 6.04 Å². The summed E-state index contributed by atoms with van der Waals surface area (Å²) in [4.78, 5) is 5.51. The van der Waals surface area contributed by atoms with Crippen LogP contribution in [0.5, 0.6) is 5.75 Å². The standard InChI is InChI=1S/C14H16N2OS/c1-10(15)13-4-3-9-16-14(13)18-12-7-5-11(17-2)6-8-12/h3-10H,15H2,1-2H3. The first-order valence-corrected chi connectivity index (χ1v) is 6.54. The van der Waals surface area contributed by atoms with Crippen LogP contribution in [0.15, 0.2) is 52.5 Å². The lowest BCUT2D eigenvalue weighted by atomic mass is 10.2. The molecule has 3 nitrogen and oxygen atoms in total. The molecular weight excluding hydrogens is 244 g/mol. The van der Waals surface area contributed by atoms with Crippen LogP contribution in [-0.2, 0) is 0 Å². The molecular formula is C14H16N2OS. The van der Waals surface area contributed by atoms with E-state index in [9.17, 15) is 0 Å². The number of hydrogen-bond donors (Lipinski definition) is 1. The number of nitrogens with zero attached hydrogens (tertiary/aromatic N) is 1. The first-order chi connectivity index (χ1) is 8.70. The third kappa shape index (κ3) is 3.03. The Hall–Kier alpha value is -1.52. The fraction of sp³-hybridized carbons (Fsp3) is 0.214. The number of benzene rings is 1. The van der Waals surface area contributed by atoms with Crippen molar-refractivity contribution >= 4 is 11.8 Å². The summed E-state index contributed by atoms with van der Waals surface area (Å²) in [7, 11) is 1.66. The molecule has 0 saturated heterocycles. The summed E-state index contributed by atoms with van der Waals surface area (Å²) >= 11 is 1.62. The lowest BCUT2D eigenvalue weighted by Crippen LogP contribution is -2.07. The predicted octanol–water partition coefficient (Wildman–Crippen LogP) is 3.26. The van der Waals surface area contributed by atoms with E-state index in [0.717, 1.165) is 21.2 Å². The van der Waals surface area contributed by atoms with Gasteiger partial charge in [-0.3, -0.25) is 0 Å². The molecule has 1 aromatic carbocycles. The third-order valence-corrected chi connectivity index (χ3v) is 3.61. The van der Waals surface area contributed by atoms with E-state index < -0.39 is 0 Å². The summed E-state index contributed by atoms with van der Waals surface area (Å²) in [5.74, 6) is 0.854. The first kappa shape index (κ1) is 12.9. The van der Waals surface area contributed by atoms with Crippen molar-refractivity contribution in [3.63, 3.8) is 0 Å². The molecule has 0 aliphatic heterocycles. The Kier molecular flexibility index (Phi) is 4.23. The van der Waals surface area contributed by atoms with Crippen LogP contribution < -0.4 is 10.5 Å². The summed E-state index contributed by atoms with van der Waals surface area (Å²) in [6.07, 6.45) is 1.79. The number of nitrogens with two attached hydrogens (primary N) is 1. The Morgan fingerprint density at radius 2 is 1.94 bits per heavy atom. The van der Waals surface area contributed by atoms with Gasteiger partial charge in [0.1, 0.15) is 10.8 Å². The highest BCUT2D eigenvalue weighted by Crippen LogP contribution is 2.31. The third-order valence-electron chi connectivity index (χ3n) is 2.57. The van der Waals surface area contributed by atoms with Crippen LogP contribution >= 0.6 is 11.8 Å². The van der Waals surface area contributed by atoms with E-state index in [1.54, 1.807) is 25.1 Å². The molecule has 0 aliphatic rings. The van der Waals surface area contributed by atoms with Crippen molar-refractivity contribution in [2.75, 3.05) is 7.11 Å². The molecule has 1 atom stereocenters. The van der Waals surface area contributed by atoms with E-state index >= 15 is 0 Å². The number of pyridine rings is 1. The van der Waals surface area contributed by atoms with Crippen molar-refractivity contribution < 1.29 is 4.74 Å². The van der Waals surface area contributed by atoms with Gasteiger partial charge in [-0.25, -0.2) is 4.98 Å². The predicted molar refractivity (Wildman–Crippen MR) is 74.0 cm³/mol. The van der Waals surface area contributed by atoms with Gasteiger partial charge in [-0.15, -0.1) is 0 Å². The molecule has 0 saturated carbocycles. The molecule has 0 fully saturated rings. The highest BCUT2D eigenvalue weighted by molar-refractivity contribution is 7.99. The van der Waals surface area contributed by atoms with Gasteiger partial charge in [-0.2, -0.15) is 0 Å². The van der Waals surface area contributed by atoms with Crippen molar-refractivity contribution in [2.45, 2.75) is 22.9 Å². The van der Waals surface area contributed by atoms with Crippen LogP contribution in [0.25, 0.3) is 0 Å². The van der Waals surface area contributed by atoms with Crippen LogP contribution in [0.4, 0.5) is 0 Å². The van der Waals surface area contributed by atoms with Crippen LogP contribution in [0.2, 0.25) is 0 Å². The fourth-order valence-electron chi connectivity index (χ4n) is 1.59. The zero-order valence-corrected chi connectivity index (χ0v) is 11.3. The van der Waals surface area contributed by atoms with Crippen molar-refractivity contribution in [1.82, 2.24) is 4.98 Å². The van der Waals surface area contributed by atoms with E-state index in [0.29, 0.717) is 0 Å². The van der Waals surface area contributed by atoms with Gasteiger partial charge in [0.05, 0.1) is 7.11 Å². The van der Waals surface area contributed by atoms with Crippen LogP contribution in [0, 0.1) is 0 Å². The van der Waals surface area contributed by atoms with E-state index in [2.05, 4.69) is 4.98 Å². The first-order valence-electron chi connectivity index (χ1n) is 5.73. The number of aromatic nitrogens is 1. The van der Waals surface area contributed by atoms with E-state index in [1.807, 2.05) is 43.3 Å². The van der Waals surface area contributed by atoms with Crippen molar-refractivity contribution in [1.29, 1.82) is 0 Å². The molecule has 2 aromatic rings. The average molecular weight is 260 g/mol. The van der Waals surface area contributed by atoms with Crippen LogP contribution in [-0.4, -0.2) is 12.1 Å². The molecule has 0 radical (unpaired) electrons. The molecule has 94 valence electrons. The molecule has 1 unspecified atom stereocenters. The molecule has 2 N–H and O–H groups in total. The topological polar surface area (TPSA) is 48.1 Å². The van der Waals surface area contributed by atoms with Gasteiger partial charge in [0.15, 0.2) is 0 Å². The SMILES string of the molecule is COc1ccc(Sc2ncccc2C(C)N)cc1. The van der Waals surface area contributed by atoms with E-state index in [1.165, 1.54) is 0 Å². The number of methoxy groups -OCH3 is 1. The molecule has 1 heterocycles. The highest BCUT2D eigenvalue weighted by atomic mass is 32.2. The minimum Gasteiger partial charge on any atom is -0.497 e. The Bertz CT molecular complexity index is 511. The lowest BCUT2D eigenvalue weighted by Gasteiger charge is -2.10. The molecule has 18 heavy (non-hydrogen) atoms. The Balaban J connectivity index is 2.22. The van der Waals surface area contributed by atoms with Crippen molar-refractivity contribution in [2.24, 2.45) is 5.73 Å². The minimum atomic E-state index is -0.0144. The van der Waals surface area contributed by atoms with Gasteiger partial charge < -0.3 is 10.5 Å². The largest absolute Gasteiger partial charge is 0.497 e. The summed E-state index contributed by atoms with van der Waals surface area (Å²) in [5.41, 5.74) is 7.01. The number of hydrogen-bond acceptors (Lipinski definition) is 4. The van der Waals surface area contributed by atoms with Gasteiger partial charge >= 0.3 is 0 Å². The Morgan fingerprint density at radius 1 is 1.22 bits per heavy atom. The summed E-state index contributed by atoms with van der Waals surface area (Å²) < 4.78 is 5.14. The van der Waals surface area contributed by atoms with Gasteiger partial charge in [0.2, 0.25) is 0 Å². The smallest absolute Gasteiger partial charge is 0.118 e. The van der Waals surface area contributed by atoms with Gasteiger partial charge in [-0.05, 0) is 37.3 Å². The lowest BCUT2D eigenvalue weighted by molar-refractivity contribution is 0.414. The molecule has 0 aliphatic carbocycles. The van der Waals surface area contributed by atoms with Crippen LogP contribution in [0.1, 0.15) is 18.5 Å². The summed E-state index contributed by atoms with van der Waals surface area (Å²) in [6.45, 7) is 1.97. The molecule has 4 heteroatoms. The van der Waals surface area contributed by atoms with Gasteiger partial charge in [-0.1, -0.05) is 17.8 Å². The second-order valence-corrected chi connectivity index (χ2v) is 5.03. The summed E-state index contributed by atoms with van der Waals surface area (Å²) in [5, 5.41) is 0.956. The zero-order valence-electron chi connectivity index (χ0n) is 10.5. The van der Waals surface area contributed by atoms with Crippen molar-refractivity contribution in [3.8, 4) is 5.75 Å². The Morgan fingerprint density at radius 3 is 2.56 bits per heavy atom. The normalized spacial score (nSPS) is 12.2. The monoisotopic (exact) mass is 260 g/mol. The Labute approximate surface area is 111 Å². The molecule has 1 aromatic heterocycles. The van der Waals surface area contributed by atoms with E-state index in [4.69, 9.17) is 10.5 Å². The molecule has 0 bridgehead atoms. The quantitative estimate of drug-likeness (QED) is 0.916.